The summed E-state index contributed by atoms with van der Waals surface area (Å²) in [5, 5.41) is 3.00. The summed E-state index contributed by atoms with van der Waals surface area (Å²) in [6.07, 6.45) is 0.394. The summed E-state index contributed by atoms with van der Waals surface area (Å²) < 4.78 is 5.67. The minimum Gasteiger partial charge on any atom is -0.373 e. The Morgan fingerprint density at radius 2 is 1.95 bits per heavy atom. The van der Waals surface area contributed by atoms with E-state index in [0.717, 1.165) is 13.1 Å². The molecule has 0 aromatic heterocycles. The van der Waals surface area contributed by atoms with Gasteiger partial charge in [0.1, 0.15) is 0 Å². The van der Waals surface area contributed by atoms with E-state index in [1.165, 1.54) is 11.1 Å². The molecule has 110 valence electrons. The molecule has 1 saturated heterocycles. The number of benzene rings is 1. The van der Waals surface area contributed by atoms with Crippen molar-refractivity contribution in [1.29, 1.82) is 0 Å². The van der Waals surface area contributed by atoms with E-state index in [2.05, 4.69) is 29.3 Å². The van der Waals surface area contributed by atoms with E-state index in [0.29, 0.717) is 13.1 Å². The summed E-state index contributed by atoms with van der Waals surface area (Å²) in [5.74, 6) is 0.0783. The lowest BCUT2D eigenvalue weighted by Crippen LogP contribution is -2.49. The molecule has 2 rings (SSSR count). The lowest BCUT2D eigenvalue weighted by molar-refractivity contribution is -0.126. The van der Waals surface area contributed by atoms with Crippen LogP contribution >= 0.6 is 0 Å². The van der Waals surface area contributed by atoms with Crippen LogP contribution in [0.1, 0.15) is 25.0 Å². The van der Waals surface area contributed by atoms with Gasteiger partial charge in [0.05, 0.1) is 18.8 Å². The number of hydrogen-bond acceptors (Lipinski definition) is 3. The average Bonchev–Trinajstić information content (AvgIpc) is 2.36. The standard InChI is InChI=1S/C16H24N2O2/c1-12-6-4-5-7-15(12)8-17-16(19)11-18-9-13(2)20-14(3)10-18/h4-7,13-14H,8-11H2,1-3H3,(H,17,19). The van der Waals surface area contributed by atoms with Crippen molar-refractivity contribution >= 4 is 5.91 Å². The Balaban J connectivity index is 1.79. The Labute approximate surface area is 121 Å². The number of aryl methyl sites for hydroxylation is 1. The van der Waals surface area contributed by atoms with E-state index in [1.807, 2.05) is 26.0 Å². The number of rotatable bonds is 4. The van der Waals surface area contributed by atoms with Gasteiger partial charge in [0, 0.05) is 19.6 Å². The molecule has 1 aromatic rings. The van der Waals surface area contributed by atoms with Gasteiger partial charge < -0.3 is 10.1 Å². The number of nitrogens with one attached hydrogen (secondary N) is 1. The maximum Gasteiger partial charge on any atom is 0.234 e. The Hall–Kier alpha value is -1.39. The molecule has 1 heterocycles. The summed E-state index contributed by atoms with van der Waals surface area (Å²) in [4.78, 5) is 14.2. The molecule has 1 amide bonds. The van der Waals surface area contributed by atoms with E-state index in [9.17, 15) is 4.79 Å². The lowest BCUT2D eigenvalue weighted by atomic mass is 10.1. The van der Waals surface area contributed by atoms with Gasteiger partial charge in [0.15, 0.2) is 0 Å². The summed E-state index contributed by atoms with van der Waals surface area (Å²) in [7, 11) is 0. The molecule has 0 spiro atoms. The Bertz CT molecular complexity index is 452. The highest BCUT2D eigenvalue weighted by atomic mass is 16.5. The molecule has 1 aromatic carbocycles. The molecule has 2 unspecified atom stereocenters. The molecular weight excluding hydrogens is 252 g/mol. The van der Waals surface area contributed by atoms with Gasteiger partial charge in [0.25, 0.3) is 0 Å². The highest BCUT2D eigenvalue weighted by molar-refractivity contribution is 5.78. The van der Waals surface area contributed by atoms with Gasteiger partial charge in [-0.3, -0.25) is 9.69 Å². The normalized spacial score (nSPS) is 23.6. The predicted octanol–water partition coefficient (Wildman–Crippen LogP) is 1.72. The highest BCUT2D eigenvalue weighted by Crippen LogP contribution is 2.10. The molecule has 0 bridgehead atoms. The van der Waals surface area contributed by atoms with Gasteiger partial charge in [-0.05, 0) is 31.9 Å². The molecule has 1 N–H and O–H groups in total. The number of amides is 1. The molecule has 1 aliphatic rings. The van der Waals surface area contributed by atoms with E-state index in [-0.39, 0.29) is 18.1 Å². The van der Waals surface area contributed by atoms with Crippen molar-refractivity contribution in [1.82, 2.24) is 10.2 Å². The first-order chi connectivity index (χ1) is 9.54. The zero-order valence-corrected chi connectivity index (χ0v) is 12.6. The summed E-state index contributed by atoms with van der Waals surface area (Å²) in [5.41, 5.74) is 2.38. The van der Waals surface area contributed by atoms with Crippen molar-refractivity contribution in [2.75, 3.05) is 19.6 Å². The second-order valence-corrected chi connectivity index (χ2v) is 5.65. The van der Waals surface area contributed by atoms with E-state index in [1.54, 1.807) is 0 Å². The maximum absolute atomic E-state index is 12.0. The van der Waals surface area contributed by atoms with Crippen molar-refractivity contribution in [3.05, 3.63) is 35.4 Å². The largest absolute Gasteiger partial charge is 0.373 e. The van der Waals surface area contributed by atoms with Crippen molar-refractivity contribution < 1.29 is 9.53 Å². The van der Waals surface area contributed by atoms with Crippen LogP contribution in [0.25, 0.3) is 0 Å². The first kappa shape index (κ1) is 15.0. The second-order valence-electron chi connectivity index (χ2n) is 5.65. The number of morpholine rings is 1. The van der Waals surface area contributed by atoms with Gasteiger partial charge in [-0.25, -0.2) is 0 Å². The van der Waals surface area contributed by atoms with Crippen molar-refractivity contribution in [3.63, 3.8) is 0 Å². The quantitative estimate of drug-likeness (QED) is 0.910. The third-order valence-electron chi connectivity index (χ3n) is 3.60. The van der Waals surface area contributed by atoms with Crippen molar-refractivity contribution in [3.8, 4) is 0 Å². The minimum absolute atomic E-state index is 0.0783. The first-order valence-corrected chi connectivity index (χ1v) is 7.23. The SMILES string of the molecule is Cc1ccccc1CNC(=O)CN1CC(C)OC(C)C1. The lowest BCUT2D eigenvalue weighted by Gasteiger charge is -2.34. The van der Waals surface area contributed by atoms with E-state index >= 15 is 0 Å². The molecule has 0 radical (unpaired) electrons. The van der Waals surface area contributed by atoms with Crippen LogP contribution in [0, 0.1) is 6.92 Å². The summed E-state index contributed by atoms with van der Waals surface area (Å²) in [6, 6.07) is 8.12. The number of hydrogen-bond donors (Lipinski definition) is 1. The zero-order valence-electron chi connectivity index (χ0n) is 12.6. The van der Waals surface area contributed by atoms with Crippen LogP contribution in [0.4, 0.5) is 0 Å². The Kier molecular flexibility index (Phi) is 5.15. The predicted molar refractivity (Wildman–Crippen MR) is 79.5 cm³/mol. The molecule has 0 aliphatic carbocycles. The van der Waals surface area contributed by atoms with Crippen LogP contribution in [0.3, 0.4) is 0 Å². The molecule has 1 fully saturated rings. The fourth-order valence-electron chi connectivity index (χ4n) is 2.67. The van der Waals surface area contributed by atoms with Crippen molar-refractivity contribution in [2.45, 2.75) is 39.5 Å². The number of carbonyl (C=O) groups excluding carboxylic acids is 1. The van der Waals surface area contributed by atoms with Gasteiger partial charge in [-0.1, -0.05) is 24.3 Å². The number of ether oxygens (including phenoxy) is 1. The molecule has 2 atom stereocenters. The smallest absolute Gasteiger partial charge is 0.234 e. The van der Waals surface area contributed by atoms with Gasteiger partial charge in [-0.2, -0.15) is 0 Å². The fourth-order valence-corrected chi connectivity index (χ4v) is 2.67. The van der Waals surface area contributed by atoms with Crippen LogP contribution in [0.2, 0.25) is 0 Å². The van der Waals surface area contributed by atoms with Gasteiger partial charge in [0.2, 0.25) is 5.91 Å². The second kappa shape index (κ2) is 6.86. The highest BCUT2D eigenvalue weighted by Gasteiger charge is 2.23. The topological polar surface area (TPSA) is 41.6 Å². The third kappa shape index (κ3) is 4.32. The van der Waals surface area contributed by atoms with Gasteiger partial charge in [-0.15, -0.1) is 0 Å². The monoisotopic (exact) mass is 276 g/mol. The summed E-state index contributed by atoms with van der Waals surface area (Å²) in [6.45, 7) is 8.85. The molecule has 4 heteroatoms. The molecule has 20 heavy (non-hydrogen) atoms. The van der Waals surface area contributed by atoms with Crippen LogP contribution in [0.5, 0.6) is 0 Å². The first-order valence-electron chi connectivity index (χ1n) is 7.23. The minimum atomic E-state index is 0.0783. The third-order valence-corrected chi connectivity index (χ3v) is 3.60. The summed E-state index contributed by atoms with van der Waals surface area (Å²) >= 11 is 0. The Morgan fingerprint density at radius 3 is 2.60 bits per heavy atom. The van der Waals surface area contributed by atoms with Crippen LogP contribution in [-0.2, 0) is 16.1 Å². The van der Waals surface area contributed by atoms with Crippen LogP contribution < -0.4 is 5.32 Å². The molecule has 1 aliphatic heterocycles. The van der Waals surface area contributed by atoms with E-state index in [4.69, 9.17) is 4.74 Å². The number of carbonyl (C=O) groups is 1. The average molecular weight is 276 g/mol. The van der Waals surface area contributed by atoms with Crippen LogP contribution in [0.15, 0.2) is 24.3 Å². The maximum atomic E-state index is 12.0. The molecule has 4 nitrogen and oxygen atoms in total. The van der Waals surface area contributed by atoms with Gasteiger partial charge >= 0.3 is 0 Å². The van der Waals surface area contributed by atoms with Crippen LogP contribution in [-0.4, -0.2) is 42.6 Å². The zero-order chi connectivity index (χ0) is 14.5. The van der Waals surface area contributed by atoms with E-state index < -0.39 is 0 Å². The Morgan fingerprint density at radius 1 is 1.30 bits per heavy atom. The molecule has 0 saturated carbocycles. The molecular formula is C16H24N2O2. The fraction of sp³-hybridized carbons (Fsp3) is 0.562. The number of nitrogens with zero attached hydrogens (tertiary/aromatic N) is 1. The van der Waals surface area contributed by atoms with Crippen molar-refractivity contribution in [2.24, 2.45) is 0 Å².